The molecule has 0 bridgehead atoms. The summed E-state index contributed by atoms with van der Waals surface area (Å²) in [5.41, 5.74) is 8.24. The largest absolute Gasteiger partial charge is 0.339 e. The van der Waals surface area contributed by atoms with Gasteiger partial charge in [-0.15, -0.1) is 0 Å². The van der Waals surface area contributed by atoms with E-state index >= 15 is 0 Å². The standard InChI is InChI=1S/C13H14N4O2/c1-17-10-3-2-8(6-9(10)7-12(17)18)13-15-11(4-5-14)19-16-13/h2-3,6H,4-5,7,14H2,1H3. The zero-order valence-electron chi connectivity index (χ0n) is 10.6. The van der Waals surface area contributed by atoms with Gasteiger partial charge < -0.3 is 15.2 Å². The van der Waals surface area contributed by atoms with Gasteiger partial charge in [0, 0.05) is 31.3 Å². The summed E-state index contributed by atoms with van der Waals surface area (Å²) < 4.78 is 5.10. The Morgan fingerprint density at radius 1 is 1.47 bits per heavy atom. The number of carbonyl (C=O) groups excluding carboxylic acids is 1. The number of nitrogens with zero attached hydrogens (tertiary/aromatic N) is 3. The van der Waals surface area contributed by atoms with Gasteiger partial charge in [-0.05, 0) is 23.8 Å². The summed E-state index contributed by atoms with van der Waals surface area (Å²) >= 11 is 0. The van der Waals surface area contributed by atoms with Crippen molar-refractivity contribution in [1.82, 2.24) is 10.1 Å². The number of nitrogens with two attached hydrogens (primary N) is 1. The van der Waals surface area contributed by atoms with Crippen LogP contribution < -0.4 is 10.6 Å². The third kappa shape index (κ3) is 2.00. The highest BCUT2D eigenvalue weighted by molar-refractivity contribution is 6.01. The van der Waals surface area contributed by atoms with Crippen molar-refractivity contribution in [1.29, 1.82) is 0 Å². The zero-order valence-corrected chi connectivity index (χ0v) is 10.6. The third-order valence-corrected chi connectivity index (χ3v) is 3.24. The monoisotopic (exact) mass is 258 g/mol. The summed E-state index contributed by atoms with van der Waals surface area (Å²) in [6.07, 6.45) is 0.992. The molecule has 2 aromatic rings. The van der Waals surface area contributed by atoms with Gasteiger partial charge in [-0.25, -0.2) is 0 Å². The molecule has 0 saturated heterocycles. The van der Waals surface area contributed by atoms with Gasteiger partial charge >= 0.3 is 0 Å². The summed E-state index contributed by atoms with van der Waals surface area (Å²) in [6, 6.07) is 5.74. The summed E-state index contributed by atoms with van der Waals surface area (Å²) in [6.45, 7) is 0.477. The highest BCUT2D eigenvalue weighted by Crippen LogP contribution is 2.31. The molecule has 0 spiro atoms. The van der Waals surface area contributed by atoms with Crippen LogP contribution in [0.25, 0.3) is 11.4 Å². The maximum atomic E-state index is 11.6. The van der Waals surface area contributed by atoms with Crippen LogP contribution in [0.3, 0.4) is 0 Å². The quantitative estimate of drug-likeness (QED) is 0.878. The van der Waals surface area contributed by atoms with E-state index in [4.69, 9.17) is 10.3 Å². The first-order valence-electron chi connectivity index (χ1n) is 6.11. The van der Waals surface area contributed by atoms with Gasteiger partial charge in [0.1, 0.15) is 0 Å². The van der Waals surface area contributed by atoms with E-state index in [0.717, 1.165) is 16.8 Å². The van der Waals surface area contributed by atoms with Crippen LogP contribution in [0, 0.1) is 0 Å². The van der Waals surface area contributed by atoms with E-state index in [1.165, 1.54) is 0 Å². The lowest BCUT2D eigenvalue weighted by atomic mass is 10.1. The Balaban J connectivity index is 1.94. The van der Waals surface area contributed by atoms with Crippen molar-refractivity contribution < 1.29 is 9.32 Å². The number of benzene rings is 1. The first-order chi connectivity index (χ1) is 9.19. The molecular weight excluding hydrogens is 244 g/mol. The number of anilines is 1. The van der Waals surface area contributed by atoms with Crippen molar-refractivity contribution in [3.8, 4) is 11.4 Å². The number of aromatic nitrogens is 2. The van der Waals surface area contributed by atoms with Gasteiger partial charge in [-0.1, -0.05) is 5.16 Å². The molecule has 1 aromatic carbocycles. The van der Waals surface area contributed by atoms with Gasteiger partial charge in [-0.3, -0.25) is 4.79 Å². The number of amides is 1. The van der Waals surface area contributed by atoms with Crippen LogP contribution in [-0.2, 0) is 17.6 Å². The first kappa shape index (κ1) is 11.9. The second-order valence-corrected chi connectivity index (χ2v) is 4.52. The highest BCUT2D eigenvalue weighted by Gasteiger charge is 2.24. The number of rotatable bonds is 3. The molecule has 19 heavy (non-hydrogen) atoms. The van der Waals surface area contributed by atoms with Crippen LogP contribution in [0.4, 0.5) is 5.69 Å². The molecular formula is C13H14N4O2. The summed E-state index contributed by atoms with van der Waals surface area (Å²) in [5.74, 6) is 1.17. The highest BCUT2D eigenvalue weighted by atomic mass is 16.5. The molecule has 1 aliphatic rings. The molecule has 1 aliphatic heterocycles. The second kappa shape index (κ2) is 4.47. The lowest BCUT2D eigenvalue weighted by molar-refractivity contribution is -0.117. The van der Waals surface area contributed by atoms with E-state index in [2.05, 4.69) is 10.1 Å². The molecule has 1 amide bonds. The first-order valence-corrected chi connectivity index (χ1v) is 6.11. The molecule has 6 heteroatoms. The van der Waals surface area contributed by atoms with Crippen molar-refractivity contribution in [3.63, 3.8) is 0 Å². The Labute approximate surface area is 110 Å². The number of hydrogen-bond donors (Lipinski definition) is 1. The minimum absolute atomic E-state index is 0.101. The topological polar surface area (TPSA) is 85.2 Å². The molecule has 1 aromatic heterocycles. The van der Waals surface area contributed by atoms with Crippen LogP contribution in [0.2, 0.25) is 0 Å². The van der Waals surface area contributed by atoms with E-state index < -0.39 is 0 Å². The Bertz CT molecular complexity index is 635. The van der Waals surface area contributed by atoms with E-state index in [1.54, 1.807) is 11.9 Å². The zero-order chi connectivity index (χ0) is 13.4. The fourth-order valence-corrected chi connectivity index (χ4v) is 2.21. The van der Waals surface area contributed by atoms with Gasteiger partial charge in [0.25, 0.3) is 0 Å². The Morgan fingerprint density at radius 3 is 3.11 bits per heavy atom. The van der Waals surface area contributed by atoms with Crippen LogP contribution in [-0.4, -0.2) is 29.6 Å². The predicted molar refractivity (Wildman–Crippen MR) is 69.6 cm³/mol. The SMILES string of the molecule is CN1C(=O)Cc2cc(-c3noc(CCN)n3)ccc21. The third-order valence-electron chi connectivity index (χ3n) is 3.24. The van der Waals surface area contributed by atoms with E-state index in [0.29, 0.717) is 31.1 Å². The van der Waals surface area contributed by atoms with Crippen molar-refractivity contribution >= 4 is 11.6 Å². The molecule has 0 atom stereocenters. The number of likely N-dealkylation sites (N-methyl/N-ethyl adjacent to an activating group) is 1. The van der Waals surface area contributed by atoms with Gasteiger partial charge in [-0.2, -0.15) is 4.98 Å². The molecule has 3 rings (SSSR count). The Kier molecular flexibility index (Phi) is 2.79. The van der Waals surface area contributed by atoms with Gasteiger partial charge in [0.05, 0.1) is 6.42 Å². The van der Waals surface area contributed by atoms with Crippen LogP contribution in [0.1, 0.15) is 11.5 Å². The molecule has 0 aliphatic carbocycles. The molecule has 2 heterocycles. The second-order valence-electron chi connectivity index (χ2n) is 4.52. The molecule has 0 fully saturated rings. The minimum Gasteiger partial charge on any atom is -0.339 e. The Morgan fingerprint density at radius 2 is 2.32 bits per heavy atom. The smallest absolute Gasteiger partial charge is 0.231 e. The molecule has 0 unspecified atom stereocenters. The lowest BCUT2D eigenvalue weighted by Gasteiger charge is -2.09. The van der Waals surface area contributed by atoms with Crippen molar-refractivity contribution in [2.75, 3.05) is 18.5 Å². The van der Waals surface area contributed by atoms with E-state index in [1.807, 2.05) is 18.2 Å². The van der Waals surface area contributed by atoms with Crippen LogP contribution in [0.5, 0.6) is 0 Å². The van der Waals surface area contributed by atoms with Crippen molar-refractivity contribution in [2.45, 2.75) is 12.8 Å². The lowest BCUT2D eigenvalue weighted by Crippen LogP contribution is -2.20. The predicted octanol–water partition coefficient (Wildman–Crippen LogP) is 0.757. The van der Waals surface area contributed by atoms with E-state index in [9.17, 15) is 4.79 Å². The summed E-state index contributed by atoms with van der Waals surface area (Å²) in [5, 5.41) is 3.93. The number of fused-ring (bicyclic) bond motifs is 1. The molecule has 6 nitrogen and oxygen atoms in total. The Hall–Kier alpha value is -2.21. The van der Waals surface area contributed by atoms with Crippen molar-refractivity contribution in [2.24, 2.45) is 5.73 Å². The maximum absolute atomic E-state index is 11.6. The van der Waals surface area contributed by atoms with Crippen LogP contribution >= 0.6 is 0 Å². The molecule has 0 radical (unpaired) electrons. The maximum Gasteiger partial charge on any atom is 0.231 e. The summed E-state index contributed by atoms with van der Waals surface area (Å²) in [4.78, 5) is 17.6. The fraction of sp³-hybridized carbons (Fsp3) is 0.308. The van der Waals surface area contributed by atoms with Gasteiger partial charge in [0.2, 0.25) is 17.6 Å². The van der Waals surface area contributed by atoms with Crippen molar-refractivity contribution in [3.05, 3.63) is 29.7 Å². The molecule has 0 saturated carbocycles. The molecule has 98 valence electrons. The summed E-state index contributed by atoms with van der Waals surface area (Å²) in [7, 11) is 1.78. The van der Waals surface area contributed by atoms with Gasteiger partial charge in [0.15, 0.2) is 0 Å². The normalized spacial score (nSPS) is 14.0. The number of carbonyl (C=O) groups is 1. The van der Waals surface area contributed by atoms with Crippen LogP contribution in [0.15, 0.2) is 22.7 Å². The minimum atomic E-state index is 0.101. The number of hydrogen-bond acceptors (Lipinski definition) is 5. The average molecular weight is 258 g/mol. The fourth-order valence-electron chi connectivity index (χ4n) is 2.21. The molecule has 2 N–H and O–H groups in total. The average Bonchev–Trinajstić information content (AvgIpc) is 2.96. The van der Waals surface area contributed by atoms with E-state index in [-0.39, 0.29) is 5.91 Å².